The molecule has 7 heteroatoms. The molecule has 0 aromatic heterocycles. The third-order valence-corrected chi connectivity index (χ3v) is 7.55. The van der Waals surface area contributed by atoms with Gasteiger partial charge in [0.05, 0.1) is 14.2 Å². The number of allylic oxidation sites excluding steroid dienone is 3. The lowest BCUT2D eigenvalue weighted by atomic mass is 9.71. The number of methoxy groups -OCH3 is 2. The number of para-hydroxylation sites is 1. The smallest absolute Gasteiger partial charge is 0.254 e. The molecule has 0 spiro atoms. The Morgan fingerprint density at radius 3 is 2.41 bits per heavy atom. The number of phenolic OH excluding ortho intramolecular Hbond substituents is 1. The molecule has 1 aliphatic carbocycles. The van der Waals surface area contributed by atoms with Gasteiger partial charge in [0.1, 0.15) is 5.75 Å². The van der Waals surface area contributed by atoms with Gasteiger partial charge in [-0.15, -0.1) is 0 Å². The molecular weight excluding hydrogens is 492 g/mol. The van der Waals surface area contributed by atoms with Crippen LogP contribution in [0.3, 0.4) is 0 Å². The van der Waals surface area contributed by atoms with E-state index in [9.17, 15) is 14.7 Å². The molecule has 0 fully saturated rings. The Kier molecular flexibility index (Phi) is 7.15. The maximum Gasteiger partial charge on any atom is 0.254 e. The SMILES string of the molecule is COc1ccc([C@H]2CC(=O)C3=C(C2)NC(C)=C(C(=O)Nc2ccccc2C)[C@H]3c2cccc(O)c2)cc1OC. The Bertz CT molecular complexity index is 1520. The first kappa shape index (κ1) is 26.1. The van der Waals surface area contributed by atoms with Crippen LogP contribution >= 0.6 is 0 Å². The number of dihydropyridines is 1. The van der Waals surface area contributed by atoms with E-state index in [4.69, 9.17) is 9.47 Å². The number of ether oxygens (including phenoxy) is 2. The van der Waals surface area contributed by atoms with E-state index in [1.54, 1.807) is 32.4 Å². The Morgan fingerprint density at radius 1 is 0.923 bits per heavy atom. The Morgan fingerprint density at radius 2 is 1.69 bits per heavy atom. The van der Waals surface area contributed by atoms with Crippen molar-refractivity contribution in [1.82, 2.24) is 5.32 Å². The molecule has 0 radical (unpaired) electrons. The van der Waals surface area contributed by atoms with E-state index in [0.29, 0.717) is 46.0 Å². The number of hydrogen-bond acceptors (Lipinski definition) is 6. The van der Waals surface area contributed by atoms with Gasteiger partial charge in [-0.05, 0) is 73.2 Å². The van der Waals surface area contributed by atoms with Gasteiger partial charge >= 0.3 is 0 Å². The highest BCUT2D eigenvalue weighted by Gasteiger charge is 2.41. The van der Waals surface area contributed by atoms with E-state index in [1.807, 2.05) is 62.4 Å². The Labute approximate surface area is 228 Å². The van der Waals surface area contributed by atoms with Crippen molar-refractivity contribution in [3.8, 4) is 17.2 Å². The summed E-state index contributed by atoms with van der Waals surface area (Å²) in [5.74, 6) is 0.319. The Balaban J connectivity index is 1.55. The number of carbonyl (C=O) groups is 2. The van der Waals surface area contributed by atoms with E-state index in [0.717, 1.165) is 16.8 Å². The van der Waals surface area contributed by atoms with Crippen LogP contribution in [0, 0.1) is 6.92 Å². The summed E-state index contributed by atoms with van der Waals surface area (Å²) in [6, 6.07) is 20.1. The number of aryl methyl sites for hydroxylation is 1. The monoisotopic (exact) mass is 524 g/mol. The quantitative estimate of drug-likeness (QED) is 0.382. The van der Waals surface area contributed by atoms with Crippen molar-refractivity contribution < 1.29 is 24.2 Å². The zero-order valence-corrected chi connectivity index (χ0v) is 22.5. The molecule has 0 unspecified atom stereocenters. The number of benzene rings is 3. The van der Waals surface area contributed by atoms with Gasteiger partial charge in [0, 0.05) is 40.6 Å². The van der Waals surface area contributed by atoms with Crippen LogP contribution in [0.5, 0.6) is 17.2 Å². The van der Waals surface area contributed by atoms with Crippen molar-refractivity contribution in [2.75, 3.05) is 19.5 Å². The van der Waals surface area contributed by atoms with Crippen LogP contribution in [-0.4, -0.2) is 31.0 Å². The molecule has 200 valence electrons. The molecule has 0 saturated carbocycles. The van der Waals surface area contributed by atoms with Crippen LogP contribution in [0.1, 0.15) is 48.3 Å². The largest absolute Gasteiger partial charge is 0.508 e. The van der Waals surface area contributed by atoms with Gasteiger partial charge in [-0.2, -0.15) is 0 Å². The second-order valence-corrected chi connectivity index (χ2v) is 10.00. The van der Waals surface area contributed by atoms with Crippen molar-refractivity contribution in [1.29, 1.82) is 0 Å². The second kappa shape index (κ2) is 10.7. The number of aromatic hydroxyl groups is 1. The van der Waals surface area contributed by atoms with E-state index >= 15 is 0 Å². The lowest BCUT2D eigenvalue weighted by Gasteiger charge is -2.37. The van der Waals surface area contributed by atoms with Crippen LogP contribution in [0.4, 0.5) is 5.69 Å². The van der Waals surface area contributed by atoms with E-state index in [-0.39, 0.29) is 29.8 Å². The summed E-state index contributed by atoms with van der Waals surface area (Å²) in [7, 11) is 3.18. The number of amides is 1. The van der Waals surface area contributed by atoms with Crippen molar-refractivity contribution in [3.05, 3.63) is 106 Å². The fourth-order valence-electron chi connectivity index (χ4n) is 5.62. The normalized spacial score (nSPS) is 18.8. The average Bonchev–Trinajstić information content (AvgIpc) is 2.92. The van der Waals surface area contributed by atoms with Crippen LogP contribution in [0.25, 0.3) is 0 Å². The fourth-order valence-corrected chi connectivity index (χ4v) is 5.62. The van der Waals surface area contributed by atoms with Gasteiger partial charge in [-0.3, -0.25) is 9.59 Å². The molecule has 2 aliphatic rings. The van der Waals surface area contributed by atoms with Crippen molar-refractivity contribution in [2.24, 2.45) is 0 Å². The highest BCUT2D eigenvalue weighted by molar-refractivity contribution is 6.10. The molecular formula is C32H32N2O5. The number of carbonyl (C=O) groups excluding carboxylic acids is 2. The Hall–Kier alpha value is -4.52. The average molecular weight is 525 g/mol. The number of ketones is 1. The predicted octanol–water partition coefficient (Wildman–Crippen LogP) is 5.72. The summed E-state index contributed by atoms with van der Waals surface area (Å²) in [5, 5.41) is 16.7. The molecule has 2 atom stereocenters. The zero-order chi connectivity index (χ0) is 27.7. The maximum absolute atomic E-state index is 13.9. The molecule has 1 amide bonds. The number of anilines is 1. The lowest BCUT2D eigenvalue weighted by molar-refractivity contribution is -0.116. The van der Waals surface area contributed by atoms with E-state index in [1.165, 1.54) is 0 Å². The minimum absolute atomic E-state index is 0.0365. The minimum atomic E-state index is -0.615. The summed E-state index contributed by atoms with van der Waals surface area (Å²) < 4.78 is 10.9. The first-order valence-corrected chi connectivity index (χ1v) is 12.9. The molecule has 5 rings (SSSR count). The molecule has 1 aliphatic heterocycles. The van der Waals surface area contributed by atoms with Crippen molar-refractivity contribution >= 4 is 17.4 Å². The van der Waals surface area contributed by atoms with Gasteiger partial charge < -0.3 is 25.2 Å². The summed E-state index contributed by atoms with van der Waals surface area (Å²) in [6.07, 6.45) is 0.882. The lowest BCUT2D eigenvalue weighted by Crippen LogP contribution is -2.37. The first-order chi connectivity index (χ1) is 18.8. The molecule has 3 N–H and O–H groups in total. The van der Waals surface area contributed by atoms with Crippen LogP contribution in [-0.2, 0) is 9.59 Å². The standard InChI is InChI=1S/C32H32N2O5/c1-18-8-5-6-11-24(18)34-32(37)29-19(2)33-25-15-22(20-12-13-27(38-3)28(17-20)39-4)16-26(36)31(25)30(29)21-9-7-10-23(35)14-21/h5-14,17,22,30,33,35H,15-16H2,1-4H3,(H,34,37)/t22-,30-/m1/s1. The van der Waals surface area contributed by atoms with Crippen molar-refractivity contribution in [3.63, 3.8) is 0 Å². The second-order valence-electron chi connectivity index (χ2n) is 10.00. The fraction of sp³-hybridized carbons (Fsp3) is 0.250. The molecule has 1 heterocycles. The molecule has 7 nitrogen and oxygen atoms in total. The van der Waals surface area contributed by atoms with Gasteiger partial charge in [-0.25, -0.2) is 0 Å². The topological polar surface area (TPSA) is 96.9 Å². The number of hydrogen-bond donors (Lipinski definition) is 3. The molecule has 0 saturated heterocycles. The molecule has 3 aromatic rings. The van der Waals surface area contributed by atoms with Crippen LogP contribution in [0.15, 0.2) is 89.3 Å². The number of Topliss-reactive ketones (excluding diaryl/α,β-unsaturated/α-hetero) is 1. The number of rotatable bonds is 6. The molecule has 0 bridgehead atoms. The summed E-state index contributed by atoms with van der Waals surface area (Å²) >= 11 is 0. The van der Waals surface area contributed by atoms with E-state index in [2.05, 4.69) is 10.6 Å². The maximum atomic E-state index is 13.9. The van der Waals surface area contributed by atoms with Crippen LogP contribution in [0.2, 0.25) is 0 Å². The summed E-state index contributed by atoms with van der Waals surface area (Å²) in [4.78, 5) is 27.6. The third-order valence-electron chi connectivity index (χ3n) is 7.55. The van der Waals surface area contributed by atoms with Gasteiger partial charge in [0.25, 0.3) is 5.91 Å². The highest BCUT2D eigenvalue weighted by Crippen LogP contribution is 2.47. The minimum Gasteiger partial charge on any atom is -0.508 e. The third kappa shape index (κ3) is 5.00. The van der Waals surface area contributed by atoms with Gasteiger partial charge in [-0.1, -0.05) is 36.4 Å². The summed E-state index contributed by atoms with van der Waals surface area (Å²) in [5.41, 5.74) is 5.81. The number of nitrogens with one attached hydrogen (secondary N) is 2. The highest BCUT2D eigenvalue weighted by atomic mass is 16.5. The van der Waals surface area contributed by atoms with Crippen molar-refractivity contribution in [2.45, 2.75) is 38.5 Å². The van der Waals surface area contributed by atoms with Gasteiger partial charge in [0.15, 0.2) is 17.3 Å². The van der Waals surface area contributed by atoms with Crippen LogP contribution < -0.4 is 20.1 Å². The molecule has 39 heavy (non-hydrogen) atoms. The summed E-state index contributed by atoms with van der Waals surface area (Å²) in [6.45, 7) is 3.79. The number of phenols is 1. The van der Waals surface area contributed by atoms with Gasteiger partial charge in [0.2, 0.25) is 0 Å². The predicted molar refractivity (Wildman–Crippen MR) is 150 cm³/mol. The van der Waals surface area contributed by atoms with E-state index < -0.39 is 5.92 Å². The first-order valence-electron chi connectivity index (χ1n) is 12.9. The molecule has 3 aromatic carbocycles. The zero-order valence-electron chi connectivity index (χ0n) is 22.5.